The molecular formula is C25H23N7O3. The fourth-order valence-electron chi connectivity index (χ4n) is 3.91. The van der Waals surface area contributed by atoms with Gasteiger partial charge < -0.3 is 20.1 Å². The number of H-pyrrole nitrogens is 1. The number of hydrogen-bond acceptors (Lipinski definition) is 7. The van der Waals surface area contributed by atoms with Crippen LogP contribution in [-0.4, -0.2) is 53.9 Å². The Morgan fingerprint density at radius 3 is 2.89 bits per heavy atom. The number of pyridine rings is 1. The molecule has 176 valence electrons. The molecule has 1 atom stereocenters. The minimum absolute atomic E-state index is 0.0792. The molecule has 0 aliphatic heterocycles. The molecule has 0 saturated heterocycles. The summed E-state index contributed by atoms with van der Waals surface area (Å²) in [6.07, 6.45) is 4.72. The number of rotatable bonds is 7. The van der Waals surface area contributed by atoms with Crippen LogP contribution in [0, 0.1) is 0 Å². The Morgan fingerprint density at radius 2 is 2.09 bits per heavy atom. The monoisotopic (exact) mass is 469 g/mol. The number of aromatic nitrogens is 6. The lowest BCUT2D eigenvalue weighted by Crippen LogP contribution is -2.35. The van der Waals surface area contributed by atoms with Gasteiger partial charge in [-0.2, -0.15) is 5.10 Å². The van der Waals surface area contributed by atoms with Crippen molar-refractivity contribution in [3.8, 4) is 34.1 Å². The SMILES string of the molecule is COc1ncccc1-c1ccc(O)c(-c2nc3ccc(C(=O)NC(C)Cn4cncn4)cc3[nH]2)c1. The normalized spacial score (nSPS) is 11.9. The van der Waals surface area contributed by atoms with Crippen molar-refractivity contribution in [3.63, 3.8) is 0 Å². The molecule has 0 saturated carbocycles. The van der Waals surface area contributed by atoms with Crippen LogP contribution >= 0.6 is 0 Å². The lowest BCUT2D eigenvalue weighted by atomic mass is 10.0. The van der Waals surface area contributed by atoms with Crippen molar-refractivity contribution in [1.29, 1.82) is 0 Å². The molecule has 0 aliphatic carbocycles. The summed E-state index contributed by atoms with van der Waals surface area (Å²) in [6.45, 7) is 2.42. The van der Waals surface area contributed by atoms with Gasteiger partial charge in [0.2, 0.25) is 5.88 Å². The van der Waals surface area contributed by atoms with E-state index in [0.29, 0.717) is 40.4 Å². The molecule has 10 nitrogen and oxygen atoms in total. The summed E-state index contributed by atoms with van der Waals surface area (Å²) in [5.74, 6) is 0.849. The number of phenols is 1. The molecule has 3 aromatic heterocycles. The molecule has 0 bridgehead atoms. The second kappa shape index (κ2) is 9.26. The maximum absolute atomic E-state index is 12.8. The Bertz CT molecular complexity index is 1490. The van der Waals surface area contributed by atoms with Gasteiger partial charge in [0.1, 0.15) is 24.2 Å². The number of aromatic amines is 1. The van der Waals surface area contributed by atoms with Gasteiger partial charge in [-0.05, 0) is 55.0 Å². The molecule has 1 unspecified atom stereocenters. The zero-order chi connectivity index (χ0) is 24.4. The molecule has 1 amide bonds. The largest absolute Gasteiger partial charge is 0.507 e. The van der Waals surface area contributed by atoms with Crippen LogP contribution in [0.4, 0.5) is 0 Å². The number of fused-ring (bicyclic) bond motifs is 1. The number of nitrogens with zero attached hydrogens (tertiary/aromatic N) is 5. The summed E-state index contributed by atoms with van der Waals surface area (Å²) < 4.78 is 7.04. The second-order valence-corrected chi connectivity index (χ2v) is 8.10. The number of amides is 1. The van der Waals surface area contributed by atoms with E-state index >= 15 is 0 Å². The number of imidazole rings is 1. The summed E-state index contributed by atoms with van der Waals surface area (Å²) in [5, 5.41) is 17.6. The molecule has 10 heteroatoms. The van der Waals surface area contributed by atoms with E-state index in [4.69, 9.17) is 4.74 Å². The number of phenolic OH excluding ortho intramolecular Hbond substituents is 1. The van der Waals surface area contributed by atoms with Crippen molar-refractivity contribution in [2.24, 2.45) is 0 Å². The first-order valence-electron chi connectivity index (χ1n) is 11.0. The minimum Gasteiger partial charge on any atom is -0.507 e. The number of aromatic hydroxyl groups is 1. The van der Waals surface area contributed by atoms with Crippen LogP contribution in [0.3, 0.4) is 0 Å². The zero-order valence-electron chi connectivity index (χ0n) is 19.1. The van der Waals surface area contributed by atoms with Gasteiger partial charge in [-0.1, -0.05) is 6.07 Å². The van der Waals surface area contributed by atoms with E-state index < -0.39 is 0 Å². The van der Waals surface area contributed by atoms with E-state index in [9.17, 15) is 9.90 Å². The van der Waals surface area contributed by atoms with Crippen LogP contribution < -0.4 is 10.1 Å². The van der Waals surface area contributed by atoms with E-state index in [-0.39, 0.29) is 17.7 Å². The highest BCUT2D eigenvalue weighted by molar-refractivity contribution is 5.98. The van der Waals surface area contributed by atoms with Crippen LogP contribution in [0.2, 0.25) is 0 Å². The van der Waals surface area contributed by atoms with Gasteiger partial charge in [-0.15, -0.1) is 0 Å². The van der Waals surface area contributed by atoms with Crippen molar-refractivity contribution < 1.29 is 14.6 Å². The highest BCUT2D eigenvalue weighted by Crippen LogP contribution is 2.35. The molecular weight excluding hydrogens is 446 g/mol. The van der Waals surface area contributed by atoms with Gasteiger partial charge in [0.05, 0.1) is 30.3 Å². The van der Waals surface area contributed by atoms with Crippen molar-refractivity contribution in [2.45, 2.75) is 19.5 Å². The summed E-state index contributed by atoms with van der Waals surface area (Å²) in [4.78, 5) is 28.8. The van der Waals surface area contributed by atoms with E-state index in [1.807, 2.05) is 25.1 Å². The van der Waals surface area contributed by atoms with Gasteiger partial charge in [0.15, 0.2) is 0 Å². The predicted octanol–water partition coefficient (Wildman–Crippen LogP) is 3.42. The predicted molar refractivity (Wildman–Crippen MR) is 130 cm³/mol. The molecule has 35 heavy (non-hydrogen) atoms. The van der Waals surface area contributed by atoms with Gasteiger partial charge in [0.25, 0.3) is 5.91 Å². The first-order valence-corrected chi connectivity index (χ1v) is 11.0. The van der Waals surface area contributed by atoms with E-state index in [2.05, 4.69) is 30.4 Å². The standard InChI is InChI=1S/C25H23N7O3/c1-15(12-32-14-26-13-28-32)29-24(34)17-5-7-20-21(11-17)31-23(30-20)19-10-16(6-8-22(19)33)18-4-3-9-27-25(18)35-2/h3-11,13-15,33H,12H2,1-2H3,(H,29,34)(H,30,31). The number of carbonyl (C=O) groups is 1. The van der Waals surface area contributed by atoms with Crippen molar-refractivity contribution in [1.82, 2.24) is 35.0 Å². The topological polar surface area (TPSA) is 131 Å². The molecule has 2 aromatic carbocycles. The molecule has 0 spiro atoms. The Balaban J connectivity index is 1.42. The fraction of sp³-hybridized carbons (Fsp3) is 0.160. The third-order valence-electron chi connectivity index (χ3n) is 5.58. The number of ether oxygens (including phenoxy) is 1. The van der Waals surface area contributed by atoms with Crippen LogP contribution in [-0.2, 0) is 6.54 Å². The van der Waals surface area contributed by atoms with Gasteiger partial charge in [-0.3, -0.25) is 9.48 Å². The second-order valence-electron chi connectivity index (χ2n) is 8.10. The molecule has 3 heterocycles. The van der Waals surface area contributed by atoms with E-state index in [1.165, 1.54) is 6.33 Å². The Hall–Kier alpha value is -4.73. The number of hydrogen-bond donors (Lipinski definition) is 3. The van der Waals surface area contributed by atoms with Crippen LogP contribution in [0.5, 0.6) is 11.6 Å². The zero-order valence-corrected chi connectivity index (χ0v) is 19.1. The maximum Gasteiger partial charge on any atom is 0.251 e. The lowest BCUT2D eigenvalue weighted by Gasteiger charge is -2.13. The summed E-state index contributed by atoms with van der Waals surface area (Å²) >= 11 is 0. The van der Waals surface area contributed by atoms with Gasteiger partial charge in [0, 0.05) is 23.4 Å². The lowest BCUT2D eigenvalue weighted by molar-refractivity contribution is 0.0936. The summed E-state index contributed by atoms with van der Waals surface area (Å²) in [5.41, 5.74) is 4.00. The van der Waals surface area contributed by atoms with Crippen LogP contribution in [0.25, 0.3) is 33.5 Å². The summed E-state index contributed by atoms with van der Waals surface area (Å²) in [6, 6.07) is 14.1. The quantitative estimate of drug-likeness (QED) is 0.333. The van der Waals surface area contributed by atoms with Gasteiger partial charge >= 0.3 is 0 Å². The fourth-order valence-corrected chi connectivity index (χ4v) is 3.91. The minimum atomic E-state index is -0.204. The number of carbonyl (C=O) groups excluding carboxylic acids is 1. The third-order valence-corrected chi connectivity index (χ3v) is 5.58. The van der Waals surface area contributed by atoms with Crippen molar-refractivity contribution in [3.05, 3.63) is 72.9 Å². The number of nitrogens with one attached hydrogen (secondary N) is 2. The highest BCUT2D eigenvalue weighted by Gasteiger charge is 2.16. The molecule has 5 aromatic rings. The molecule has 3 N–H and O–H groups in total. The van der Waals surface area contributed by atoms with Gasteiger partial charge in [-0.25, -0.2) is 15.0 Å². The molecule has 0 aliphatic rings. The highest BCUT2D eigenvalue weighted by atomic mass is 16.5. The van der Waals surface area contributed by atoms with Crippen LogP contribution in [0.1, 0.15) is 17.3 Å². The third kappa shape index (κ3) is 4.54. The first kappa shape index (κ1) is 22.1. The summed E-state index contributed by atoms with van der Waals surface area (Å²) in [7, 11) is 1.56. The van der Waals surface area contributed by atoms with E-state index in [1.54, 1.807) is 54.6 Å². The van der Waals surface area contributed by atoms with E-state index in [0.717, 1.165) is 11.1 Å². The molecule has 5 rings (SSSR count). The maximum atomic E-state index is 12.8. The van der Waals surface area contributed by atoms with Crippen LogP contribution in [0.15, 0.2) is 67.4 Å². The molecule has 0 fully saturated rings. The molecule has 0 radical (unpaired) electrons. The average Bonchev–Trinajstić information content (AvgIpc) is 3.53. The number of benzene rings is 2. The number of methoxy groups -OCH3 is 1. The first-order chi connectivity index (χ1) is 17.0. The van der Waals surface area contributed by atoms with Crippen molar-refractivity contribution >= 4 is 16.9 Å². The Morgan fingerprint density at radius 1 is 1.20 bits per heavy atom. The Labute approximate surface area is 200 Å². The Kier molecular flexibility index (Phi) is 5.84. The average molecular weight is 470 g/mol. The smallest absolute Gasteiger partial charge is 0.251 e. The van der Waals surface area contributed by atoms with Crippen molar-refractivity contribution in [2.75, 3.05) is 7.11 Å².